The number of benzene rings is 2. The van der Waals surface area contributed by atoms with Crippen LogP contribution in [0, 0.1) is 35.6 Å². The van der Waals surface area contributed by atoms with Crippen LogP contribution >= 0.6 is 0 Å². The molecular weight excluding hydrogens is 722 g/mol. The molecule has 2 aliphatic rings. The third-order valence-electron chi connectivity index (χ3n) is 11.2. The third-order valence-corrected chi connectivity index (χ3v) is 11.2. The minimum absolute atomic E-state index is 0.0206. The number of nitrogens with zero attached hydrogens (tertiary/aromatic N) is 4. The van der Waals surface area contributed by atoms with Crippen LogP contribution in [0.25, 0.3) is 33.6 Å². The van der Waals surface area contributed by atoms with Crippen LogP contribution in [0.5, 0.6) is 0 Å². The number of carbonyl (C=O) groups is 4. The lowest BCUT2D eigenvalue weighted by Crippen LogP contribution is -2.39. The fourth-order valence-corrected chi connectivity index (χ4v) is 7.88. The van der Waals surface area contributed by atoms with Crippen LogP contribution in [0.2, 0.25) is 0 Å². The molecule has 4 aromatic rings. The molecule has 12 nitrogen and oxygen atoms in total. The third kappa shape index (κ3) is 8.38. The van der Waals surface area contributed by atoms with Crippen molar-refractivity contribution >= 4 is 23.8 Å². The van der Waals surface area contributed by atoms with E-state index in [2.05, 4.69) is 19.9 Å². The zero-order chi connectivity index (χ0) is 40.3. The van der Waals surface area contributed by atoms with Crippen molar-refractivity contribution < 1.29 is 37.4 Å². The SMILES string of the molecule is COC(=O)C[C@H](C(=O)N1CCC[C@H]1c1nc(-c2ccc(-c3ccc(-c4nc([C@@H]5CCCN5C(=O)[C@@H](CC(=O)OC)C(C)C)[nH]c4F)cc3)cc2)c(F)[nH]1)C(C)C. The van der Waals surface area contributed by atoms with Gasteiger partial charge in [-0.1, -0.05) is 76.2 Å². The molecule has 298 valence electrons. The molecule has 2 aromatic heterocycles. The molecule has 0 spiro atoms. The molecule has 6 rings (SSSR count). The smallest absolute Gasteiger partial charge is 0.306 e. The number of aromatic amines is 2. The molecule has 0 radical (unpaired) electrons. The summed E-state index contributed by atoms with van der Waals surface area (Å²) in [6.07, 6.45) is 2.67. The number of hydrogen-bond acceptors (Lipinski definition) is 8. The zero-order valence-electron chi connectivity index (χ0n) is 32.7. The van der Waals surface area contributed by atoms with Crippen molar-refractivity contribution in [2.45, 2.75) is 78.3 Å². The number of methoxy groups -OCH3 is 2. The van der Waals surface area contributed by atoms with Crippen molar-refractivity contribution in [2.24, 2.45) is 23.7 Å². The number of amides is 2. The summed E-state index contributed by atoms with van der Waals surface area (Å²) < 4.78 is 40.4. The van der Waals surface area contributed by atoms with Crippen LogP contribution < -0.4 is 0 Å². The molecule has 2 fully saturated rings. The standard InChI is InChI=1S/C42H50F2N6O6/c1-23(2)29(21-33(51)55-5)41(53)49-19-7-9-31(49)39-45-35(37(43)47-39)27-15-11-25(12-16-27)26-13-17-28(18-14-26)36-38(44)48-40(46-36)32-10-8-20-50(32)42(54)30(24(3)4)22-34(52)56-6/h11-18,23-24,29-32H,7-10,19-22H2,1-6H3,(H,45,47)(H,46,48)/t29-,30-,31-,32-/m0/s1. The Morgan fingerprint density at radius 2 is 0.982 bits per heavy atom. The first-order valence-electron chi connectivity index (χ1n) is 19.3. The molecule has 0 bridgehead atoms. The molecule has 2 saturated heterocycles. The number of aromatic nitrogens is 4. The summed E-state index contributed by atoms with van der Waals surface area (Å²) in [6, 6.07) is 13.6. The lowest BCUT2D eigenvalue weighted by atomic mass is 9.91. The minimum atomic E-state index is -0.599. The van der Waals surface area contributed by atoms with Crippen molar-refractivity contribution in [2.75, 3.05) is 27.3 Å². The van der Waals surface area contributed by atoms with Crippen molar-refractivity contribution in [3.8, 4) is 33.6 Å². The maximum absolute atomic E-state index is 15.4. The highest BCUT2D eigenvalue weighted by atomic mass is 19.1. The number of esters is 2. The number of ether oxygens (including phenoxy) is 2. The van der Waals surface area contributed by atoms with Gasteiger partial charge in [0.15, 0.2) is 0 Å². The molecule has 14 heteroatoms. The van der Waals surface area contributed by atoms with E-state index in [0.717, 1.165) is 24.0 Å². The Labute approximate surface area is 325 Å². The number of nitrogens with one attached hydrogen (secondary N) is 2. The highest BCUT2D eigenvalue weighted by Gasteiger charge is 2.39. The van der Waals surface area contributed by atoms with Gasteiger partial charge in [-0.25, -0.2) is 9.97 Å². The molecule has 0 aliphatic carbocycles. The summed E-state index contributed by atoms with van der Waals surface area (Å²) in [4.78, 5) is 69.3. The van der Waals surface area contributed by atoms with E-state index in [9.17, 15) is 19.2 Å². The first-order valence-corrected chi connectivity index (χ1v) is 19.3. The van der Waals surface area contributed by atoms with Gasteiger partial charge >= 0.3 is 11.9 Å². The van der Waals surface area contributed by atoms with E-state index in [0.29, 0.717) is 48.7 Å². The molecule has 2 N–H and O–H groups in total. The Morgan fingerprint density at radius 1 is 0.643 bits per heavy atom. The number of rotatable bonds is 13. The number of hydrogen-bond donors (Lipinski definition) is 2. The molecule has 4 atom stereocenters. The second-order valence-electron chi connectivity index (χ2n) is 15.4. The lowest BCUT2D eigenvalue weighted by molar-refractivity contribution is -0.148. The van der Waals surface area contributed by atoms with Gasteiger partial charge in [0.2, 0.25) is 23.7 Å². The van der Waals surface area contributed by atoms with Crippen LogP contribution in [0.1, 0.15) is 90.0 Å². The Morgan fingerprint density at radius 3 is 1.30 bits per heavy atom. The Balaban J connectivity index is 1.15. The van der Waals surface area contributed by atoms with Crippen molar-refractivity contribution in [3.63, 3.8) is 0 Å². The molecule has 2 aromatic carbocycles. The molecule has 4 heterocycles. The fourth-order valence-electron chi connectivity index (χ4n) is 7.88. The van der Waals surface area contributed by atoms with E-state index < -0.39 is 47.8 Å². The predicted octanol–water partition coefficient (Wildman–Crippen LogP) is 7.41. The summed E-state index contributed by atoms with van der Waals surface area (Å²) in [5.74, 6) is -2.98. The van der Waals surface area contributed by atoms with Gasteiger partial charge in [0.25, 0.3) is 0 Å². The van der Waals surface area contributed by atoms with Crippen molar-refractivity contribution in [1.29, 1.82) is 0 Å². The molecule has 0 saturated carbocycles. The van der Waals surface area contributed by atoms with Gasteiger partial charge < -0.3 is 29.2 Å². The van der Waals surface area contributed by atoms with E-state index in [4.69, 9.17) is 9.47 Å². The van der Waals surface area contributed by atoms with Crippen LogP contribution in [0.15, 0.2) is 48.5 Å². The lowest BCUT2D eigenvalue weighted by Gasteiger charge is -2.29. The fraction of sp³-hybridized carbons (Fsp3) is 0.476. The number of halogens is 2. The summed E-state index contributed by atoms with van der Waals surface area (Å²) >= 11 is 0. The van der Waals surface area contributed by atoms with E-state index in [1.54, 1.807) is 34.1 Å². The highest BCUT2D eigenvalue weighted by Crippen LogP contribution is 2.38. The topological polar surface area (TPSA) is 151 Å². The molecule has 2 amide bonds. The van der Waals surface area contributed by atoms with Crippen LogP contribution in [0.3, 0.4) is 0 Å². The number of imidazole rings is 2. The summed E-state index contributed by atoms with van der Waals surface area (Å²) in [5, 5.41) is 0. The maximum atomic E-state index is 15.4. The summed E-state index contributed by atoms with van der Waals surface area (Å²) in [6.45, 7) is 8.56. The van der Waals surface area contributed by atoms with Crippen molar-refractivity contribution in [3.05, 3.63) is 72.1 Å². The van der Waals surface area contributed by atoms with E-state index >= 15 is 8.78 Å². The second kappa shape index (κ2) is 17.2. The average Bonchev–Trinajstić information content (AvgIpc) is 4.02. The largest absolute Gasteiger partial charge is 0.469 e. The van der Waals surface area contributed by atoms with Crippen LogP contribution in [0.4, 0.5) is 8.78 Å². The normalized spacial score (nSPS) is 18.1. The monoisotopic (exact) mass is 772 g/mol. The Kier molecular flexibility index (Phi) is 12.3. The van der Waals surface area contributed by atoms with Gasteiger partial charge in [-0.2, -0.15) is 8.78 Å². The summed E-state index contributed by atoms with van der Waals surface area (Å²) in [5.41, 5.74) is 3.11. The van der Waals surface area contributed by atoms with E-state index in [-0.39, 0.29) is 47.9 Å². The molecule has 56 heavy (non-hydrogen) atoms. The van der Waals surface area contributed by atoms with Gasteiger partial charge in [-0.05, 0) is 48.6 Å². The number of carbonyl (C=O) groups excluding carboxylic acids is 4. The number of likely N-dealkylation sites (tertiary alicyclic amines) is 2. The highest BCUT2D eigenvalue weighted by molar-refractivity contribution is 5.85. The first-order chi connectivity index (χ1) is 26.8. The van der Waals surface area contributed by atoms with E-state index in [1.807, 2.05) is 52.0 Å². The molecule has 2 aliphatic heterocycles. The van der Waals surface area contributed by atoms with Crippen LogP contribution in [-0.4, -0.2) is 80.8 Å². The van der Waals surface area contributed by atoms with Gasteiger partial charge in [0.05, 0.1) is 51.0 Å². The van der Waals surface area contributed by atoms with Gasteiger partial charge in [0, 0.05) is 24.2 Å². The summed E-state index contributed by atoms with van der Waals surface area (Å²) in [7, 11) is 2.60. The van der Waals surface area contributed by atoms with Crippen LogP contribution in [-0.2, 0) is 28.7 Å². The minimum Gasteiger partial charge on any atom is -0.469 e. The first kappa shape index (κ1) is 40.3. The Bertz CT molecular complexity index is 1900. The number of H-pyrrole nitrogens is 2. The molecule has 0 unspecified atom stereocenters. The van der Waals surface area contributed by atoms with E-state index in [1.165, 1.54) is 14.2 Å². The predicted molar refractivity (Wildman–Crippen MR) is 204 cm³/mol. The average molecular weight is 773 g/mol. The van der Waals surface area contributed by atoms with Gasteiger partial charge in [-0.3, -0.25) is 19.2 Å². The maximum Gasteiger partial charge on any atom is 0.306 e. The Hall–Kier alpha value is -5.40. The quantitative estimate of drug-likeness (QED) is 0.134. The zero-order valence-corrected chi connectivity index (χ0v) is 32.7. The van der Waals surface area contributed by atoms with Crippen molar-refractivity contribution in [1.82, 2.24) is 29.7 Å². The molecular formula is C42H50F2N6O6. The van der Waals surface area contributed by atoms with Gasteiger partial charge in [0.1, 0.15) is 23.0 Å². The second-order valence-corrected chi connectivity index (χ2v) is 15.4. The van der Waals surface area contributed by atoms with Gasteiger partial charge in [-0.15, -0.1) is 0 Å².